The van der Waals surface area contributed by atoms with Gasteiger partial charge in [-0.3, -0.25) is 9.78 Å². The van der Waals surface area contributed by atoms with Crippen molar-refractivity contribution < 1.29 is 14.3 Å². The van der Waals surface area contributed by atoms with Crippen molar-refractivity contribution in [2.24, 2.45) is 0 Å². The monoisotopic (exact) mass is 342 g/mol. The zero-order valence-electron chi connectivity index (χ0n) is 14.2. The maximum absolute atomic E-state index is 12.9. The maximum Gasteiger partial charge on any atom is 0.255 e. The second-order valence-electron chi connectivity index (χ2n) is 5.95. The molecule has 0 bridgehead atoms. The minimum absolute atomic E-state index is 0.0193. The Morgan fingerprint density at radius 2 is 2.16 bits per heavy atom. The lowest BCUT2D eigenvalue weighted by Crippen LogP contribution is -2.42. The molecular weight excluding hydrogens is 320 g/mol. The molecule has 132 valence electrons. The van der Waals surface area contributed by atoms with E-state index in [0.29, 0.717) is 31.7 Å². The van der Waals surface area contributed by atoms with Crippen molar-refractivity contribution in [2.75, 3.05) is 26.9 Å². The molecule has 1 aliphatic rings. The van der Waals surface area contributed by atoms with Crippen LogP contribution in [0.1, 0.15) is 22.3 Å². The molecule has 2 atom stereocenters. The summed E-state index contributed by atoms with van der Waals surface area (Å²) in [7, 11) is 1.65. The number of pyridine rings is 1. The van der Waals surface area contributed by atoms with E-state index in [-0.39, 0.29) is 18.1 Å². The van der Waals surface area contributed by atoms with Crippen molar-refractivity contribution >= 4 is 5.91 Å². The number of amides is 1. The van der Waals surface area contributed by atoms with Crippen LogP contribution in [0.2, 0.25) is 0 Å². The number of rotatable bonds is 7. The standard InChI is InChI=1S/C18H22N4O3/c1-24-9-10-25-17-5-8-22(18(23)15-4-7-20-21-13-15)16(17)11-14-3-2-6-19-12-14/h2-4,6-7,12-13,16-17H,5,8-11H2,1H3/t16-,17-/m0/s1. The van der Waals surface area contributed by atoms with Gasteiger partial charge >= 0.3 is 0 Å². The van der Waals surface area contributed by atoms with Gasteiger partial charge in [0.05, 0.1) is 43.3 Å². The molecule has 0 saturated carbocycles. The second-order valence-corrected chi connectivity index (χ2v) is 5.95. The van der Waals surface area contributed by atoms with E-state index in [1.54, 1.807) is 19.4 Å². The molecule has 1 aliphatic heterocycles. The van der Waals surface area contributed by atoms with Crippen LogP contribution in [0.4, 0.5) is 0 Å². The average molecular weight is 342 g/mol. The van der Waals surface area contributed by atoms with Gasteiger partial charge in [0.2, 0.25) is 0 Å². The summed E-state index contributed by atoms with van der Waals surface area (Å²) in [6.07, 6.45) is 8.11. The Hall–Kier alpha value is -2.38. The first-order valence-electron chi connectivity index (χ1n) is 8.36. The predicted octanol–water partition coefficient (Wildman–Crippen LogP) is 1.36. The molecule has 2 aromatic heterocycles. The molecule has 0 aliphatic carbocycles. The smallest absolute Gasteiger partial charge is 0.255 e. The highest BCUT2D eigenvalue weighted by Crippen LogP contribution is 2.26. The molecule has 1 amide bonds. The number of aromatic nitrogens is 3. The molecule has 25 heavy (non-hydrogen) atoms. The first-order valence-corrected chi connectivity index (χ1v) is 8.36. The van der Waals surface area contributed by atoms with Crippen molar-refractivity contribution in [3.05, 3.63) is 54.1 Å². The van der Waals surface area contributed by atoms with Gasteiger partial charge in [-0.15, -0.1) is 0 Å². The minimum Gasteiger partial charge on any atom is -0.382 e. The Balaban J connectivity index is 1.77. The molecule has 2 aromatic rings. The lowest BCUT2D eigenvalue weighted by Gasteiger charge is -2.28. The summed E-state index contributed by atoms with van der Waals surface area (Å²) in [4.78, 5) is 18.9. The van der Waals surface area contributed by atoms with Crippen molar-refractivity contribution in [3.8, 4) is 0 Å². The molecule has 1 saturated heterocycles. The quantitative estimate of drug-likeness (QED) is 0.707. The van der Waals surface area contributed by atoms with E-state index in [1.807, 2.05) is 23.2 Å². The maximum atomic E-state index is 12.9. The van der Waals surface area contributed by atoms with Crippen molar-refractivity contribution in [2.45, 2.75) is 25.0 Å². The molecule has 7 nitrogen and oxygen atoms in total. The third kappa shape index (κ3) is 4.37. The number of carbonyl (C=O) groups excluding carboxylic acids is 1. The van der Waals surface area contributed by atoms with E-state index in [9.17, 15) is 4.79 Å². The van der Waals surface area contributed by atoms with Crippen LogP contribution >= 0.6 is 0 Å². The largest absolute Gasteiger partial charge is 0.382 e. The van der Waals surface area contributed by atoms with E-state index >= 15 is 0 Å². The average Bonchev–Trinajstić information content (AvgIpc) is 3.05. The van der Waals surface area contributed by atoms with Crippen LogP contribution in [0.15, 0.2) is 43.0 Å². The second kappa shape index (κ2) is 8.64. The van der Waals surface area contributed by atoms with Crippen LogP contribution in [0, 0.1) is 0 Å². The fraction of sp³-hybridized carbons (Fsp3) is 0.444. The number of hydrogen-bond donors (Lipinski definition) is 0. The highest BCUT2D eigenvalue weighted by molar-refractivity contribution is 5.94. The Bertz CT molecular complexity index is 669. The van der Waals surface area contributed by atoms with Gasteiger partial charge in [-0.1, -0.05) is 6.07 Å². The Labute approximate surface area is 147 Å². The first kappa shape index (κ1) is 17.4. The summed E-state index contributed by atoms with van der Waals surface area (Å²) in [5.41, 5.74) is 1.63. The predicted molar refractivity (Wildman–Crippen MR) is 91.0 cm³/mol. The molecule has 3 rings (SSSR count). The van der Waals surface area contributed by atoms with Gasteiger partial charge < -0.3 is 14.4 Å². The Morgan fingerprint density at radius 1 is 1.24 bits per heavy atom. The molecule has 0 unspecified atom stereocenters. The minimum atomic E-state index is -0.0402. The summed E-state index contributed by atoms with van der Waals surface area (Å²) < 4.78 is 11.0. The lowest BCUT2D eigenvalue weighted by atomic mass is 10.0. The van der Waals surface area contributed by atoms with Crippen molar-refractivity contribution in [3.63, 3.8) is 0 Å². The van der Waals surface area contributed by atoms with Crippen LogP contribution in [0.25, 0.3) is 0 Å². The van der Waals surface area contributed by atoms with Gasteiger partial charge in [-0.05, 0) is 30.5 Å². The van der Waals surface area contributed by atoms with Crippen LogP contribution in [-0.2, 0) is 15.9 Å². The number of ether oxygens (including phenoxy) is 2. The summed E-state index contributed by atoms with van der Waals surface area (Å²) in [5.74, 6) is -0.0402. The van der Waals surface area contributed by atoms with E-state index < -0.39 is 0 Å². The van der Waals surface area contributed by atoms with Crippen molar-refractivity contribution in [1.82, 2.24) is 20.1 Å². The molecule has 0 N–H and O–H groups in total. The normalized spacial score (nSPS) is 20.0. The molecule has 1 fully saturated rings. The zero-order chi connectivity index (χ0) is 17.5. The molecular formula is C18H22N4O3. The van der Waals surface area contributed by atoms with E-state index in [4.69, 9.17) is 9.47 Å². The Morgan fingerprint density at radius 3 is 2.88 bits per heavy atom. The van der Waals surface area contributed by atoms with Gasteiger partial charge in [0, 0.05) is 26.0 Å². The van der Waals surface area contributed by atoms with Crippen LogP contribution in [0.5, 0.6) is 0 Å². The SMILES string of the molecule is COCCO[C@H]1CCN(C(=O)c2ccnnc2)[C@H]1Cc1cccnc1. The number of methoxy groups -OCH3 is 1. The highest BCUT2D eigenvalue weighted by Gasteiger charge is 2.38. The summed E-state index contributed by atoms with van der Waals surface area (Å²) >= 11 is 0. The van der Waals surface area contributed by atoms with Gasteiger partial charge in [-0.25, -0.2) is 0 Å². The van der Waals surface area contributed by atoms with E-state index in [1.165, 1.54) is 12.4 Å². The highest BCUT2D eigenvalue weighted by atomic mass is 16.5. The third-order valence-electron chi connectivity index (χ3n) is 4.36. The van der Waals surface area contributed by atoms with Crippen LogP contribution in [0.3, 0.4) is 0 Å². The molecule has 7 heteroatoms. The fourth-order valence-corrected chi connectivity index (χ4v) is 3.14. The third-order valence-corrected chi connectivity index (χ3v) is 4.36. The van der Waals surface area contributed by atoms with Gasteiger partial charge in [-0.2, -0.15) is 10.2 Å². The number of likely N-dealkylation sites (tertiary alicyclic amines) is 1. The van der Waals surface area contributed by atoms with Crippen LogP contribution in [-0.4, -0.2) is 65.0 Å². The fourth-order valence-electron chi connectivity index (χ4n) is 3.14. The molecule has 0 aromatic carbocycles. The van der Waals surface area contributed by atoms with E-state index in [2.05, 4.69) is 15.2 Å². The number of nitrogens with zero attached hydrogens (tertiary/aromatic N) is 4. The zero-order valence-corrected chi connectivity index (χ0v) is 14.2. The van der Waals surface area contributed by atoms with Gasteiger partial charge in [0.15, 0.2) is 0 Å². The van der Waals surface area contributed by atoms with Crippen LogP contribution < -0.4 is 0 Å². The Kier molecular flexibility index (Phi) is 6.03. The molecule has 3 heterocycles. The summed E-state index contributed by atoms with van der Waals surface area (Å²) in [5, 5.41) is 7.55. The topological polar surface area (TPSA) is 77.4 Å². The van der Waals surface area contributed by atoms with Gasteiger partial charge in [0.25, 0.3) is 5.91 Å². The lowest BCUT2D eigenvalue weighted by molar-refractivity contribution is 0.000474. The molecule has 0 radical (unpaired) electrons. The number of hydrogen-bond acceptors (Lipinski definition) is 6. The van der Waals surface area contributed by atoms with Gasteiger partial charge in [0.1, 0.15) is 0 Å². The van der Waals surface area contributed by atoms with Crippen molar-refractivity contribution in [1.29, 1.82) is 0 Å². The first-order chi connectivity index (χ1) is 12.3. The summed E-state index contributed by atoms with van der Waals surface area (Å²) in [6.45, 7) is 1.71. The summed E-state index contributed by atoms with van der Waals surface area (Å²) in [6, 6.07) is 5.58. The number of carbonyl (C=O) groups is 1. The van der Waals surface area contributed by atoms with E-state index in [0.717, 1.165) is 12.0 Å². The molecule has 0 spiro atoms.